The average molecular weight is 413 g/mol. The van der Waals surface area contributed by atoms with Gasteiger partial charge in [-0.05, 0) is 17.7 Å². The van der Waals surface area contributed by atoms with Crippen molar-refractivity contribution in [2.75, 3.05) is 31.1 Å². The SMILES string of the molecule is Cc1nc(-c2cc3ccccc3nc2N2CCN(C(=O)Cc3ccccc3)CC2)no1. The van der Waals surface area contributed by atoms with Crippen molar-refractivity contribution >= 4 is 22.6 Å². The fourth-order valence-corrected chi connectivity index (χ4v) is 3.97. The second-order valence-corrected chi connectivity index (χ2v) is 7.72. The lowest BCUT2D eigenvalue weighted by Crippen LogP contribution is -2.49. The van der Waals surface area contributed by atoms with E-state index in [0.29, 0.717) is 44.3 Å². The first-order valence-electron chi connectivity index (χ1n) is 10.4. The van der Waals surface area contributed by atoms with Crippen molar-refractivity contribution in [3.05, 3.63) is 72.1 Å². The minimum atomic E-state index is 0.159. The number of aromatic nitrogens is 3. The van der Waals surface area contributed by atoms with Crippen LogP contribution >= 0.6 is 0 Å². The fraction of sp³-hybridized carbons (Fsp3) is 0.250. The van der Waals surface area contributed by atoms with Gasteiger partial charge in [0, 0.05) is 38.5 Å². The van der Waals surface area contributed by atoms with E-state index >= 15 is 0 Å². The number of nitrogens with zero attached hydrogens (tertiary/aromatic N) is 5. The Morgan fingerprint density at radius 3 is 2.45 bits per heavy atom. The Morgan fingerprint density at radius 1 is 0.968 bits per heavy atom. The fourth-order valence-electron chi connectivity index (χ4n) is 3.97. The third-order valence-electron chi connectivity index (χ3n) is 5.60. The van der Waals surface area contributed by atoms with Crippen LogP contribution in [0.3, 0.4) is 0 Å². The summed E-state index contributed by atoms with van der Waals surface area (Å²) in [7, 11) is 0. The molecule has 1 saturated heterocycles. The number of piperazine rings is 1. The van der Waals surface area contributed by atoms with Crippen LogP contribution in [0.1, 0.15) is 11.5 Å². The summed E-state index contributed by atoms with van der Waals surface area (Å²) in [5.41, 5.74) is 2.81. The summed E-state index contributed by atoms with van der Waals surface area (Å²) < 4.78 is 5.22. The summed E-state index contributed by atoms with van der Waals surface area (Å²) in [6.45, 7) is 4.50. The zero-order chi connectivity index (χ0) is 21.2. The minimum Gasteiger partial charge on any atom is -0.352 e. The highest BCUT2D eigenvalue weighted by molar-refractivity contribution is 5.88. The molecule has 156 valence electrons. The van der Waals surface area contributed by atoms with E-state index in [1.54, 1.807) is 6.92 Å². The first kappa shape index (κ1) is 19.2. The van der Waals surface area contributed by atoms with Crippen LogP contribution in [0.15, 0.2) is 65.2 Å². The smallest absolute Gasteiger partial charge is 0.227 e. The van der Waals surface area contributed by atoms with Crippen LogP contribution in [0.5, 0.6) is 0 Å². The summed E-state index contributed by atoms with van der Waals surface area (Å²) in [5.74, 6) is 2.04. The van der Waals surface area contributed by atoms with Crippen LogP contribution in [0.25, 0.3) is 22.3 Å². The predicted molar refractivity (Wildman–Crippen MR) is 119 cm³/mol. The van der Waals surface area contributed by atoms with Gasteiger partial charge in [0.1, 0.15) is 5.82 Å². The Labute approximate surface area is 180 Å². The molecule has 0 bridgehead atoms. The molecule has 3 heterocycles. The van der Waals surface area contributed by atoms with E-state index in [-0.39, 0.29) is 5.91 Å². The van der Waals surface area contributed by atoms with E-state index in [1.807, 2.05) is 59.5 Å². The van der Waals surface area contributed by atoms with Gasteiger partial charge < -0.3 is 14.3 Å². The van der Waals surface area contributed by atoms with Gasteiger partial charge in [0.15, 0.2) is 0 Å². The van der Waals surface area contributed by atoms with Gasteiger partial charge in [0.25, 0.3) is 0 Å². The molecule has 0 N–H and O–H groups in total. The zero-order valence-corrected chi connectivity index (χ0v) is 17.4. The van der Waals surface area contributed by atoms with Crippen LogP contribution in [-0.4, -0.2) is 52.1 Å². The molecule has 0 unspecified atom stereocenters. The second kappa shape index (κ2) is 8.18. The maximum atomic E-state index is 12.7. The number of carbonyl (C=O) groups is 1. The molecule has 2 aromatic heterocycles. The Kier molecular flexibility index (Phi) is 5.08. The summed E-state index contributed by atoms with van der Waals surface area (Å²) in [6, 6.07) is 20.0. The standard InChI is InChI=1S/C24H23N5O2/c1-17-25-23(27-31-17)20-16-19-9-5-6-10-21(19)26-24(20)29-13-11-28(12-14-29)22(30)15-18-7-3-2-4-8-18/h2-10,16H,11-15H2,1H3. The van der Waals surface area contributed by atoms with E-state index in [0.717, 1.165) is 27.8 Å². The molecule has 1 fully saturated rings. The highest BCUT2D eigenvalue weighted by Gasteiger charge is 2.25. The van der Waals surface area contributed by atoms with E-state index in [4.69, 9.17) is 9.51 Å². The van der Waals surface area contributed by atoms with Crippen molar-refractivity contribution in [2.45, 2.75) is 13.3 Å². The third kappa shape index (κ3) is 3.99. The molecule has 7 nitrogen and oxygen atoms in total. The van der Waals surface area contributed by atoms with Crippen molar-refractivity contribution in [1.82, 2.24) is 20.0 Å². The third-order valence-corrected chi connectivity index (χ3v) is 5.60. The molecule has 0 atom stereocenters. The molecule has 2 aromatic carbocycles. The number of fused-ring (bicyclic) bond motifs is 1. The lowest BCUT2D eigenvalue weighted by atomic mass is 10.1. The van der Waals surface area contributed by atoms with Gasteiger partial charge in [-0.2, -0.15) is 4.98 Å². The van der Waals surface area contributed by atoms with Gasteiger partial charge in [-0.3, -0.25) is 4.79 Å². The first-order chi connectivity index (χ1) is 15.2. The van der Waals surface area contributed by atoms with E-state index in [9.17, 15) is 4.79 Å². The molecule has 4 aromatic rings. The number of anilines is 1. The number of hydrogen-bond donors (Lipinski definition) is 0. The molecular weight excluding hydrogens is 390 g/mol. The molecule has 0 radical (unpaired) electrons. The quantitative estimate of drug-likeness (QED) is 0.510. The minimum absolute atomic E-state index is 0.159. The van der Waals surface area contributed by atoms with E-state index in [2.05, 4.69) is 21.1 Å². The van der Waals surface area contributed by atoms with Crippen molar-refractivity contribution in [3.8, 4) is 11.4 Å². The highest BCUT2D eigenvalue weighted by Crippen LogP contribution is 2.31. The van der Waals surface area contributed by atoms with Gasteiger partial charge in [-0.15, -0.1) is 0 Å². The van der Waals surface area contributed by atoms with E-state index < -0.39 is 0 Å². The second-order valence-electron chi connectivity index (χ2n) is 7.72. The van der Waals surface area contributed by atoms with Crippen LogP contribution in [0.2, 0.25) is 0 Å². The van der Waals surface area contributed by atoms with Gasteiger partial charge in [-0.1, -0.05) is 53.7 Å². The summed E-state index contributed by atoms with van der Waals surface area (Å²) in [6.07, 6.45) is 0.433. The predicted octanol–water partition coefficient (Wildman–Crippen LogP) is 3.48. The zero-order valence-electron chi connectivity index (χ0n) is 17.4. The van der Waals surface area contributed by atoms with Crippen LogP contribution < -0.4 is 4.90 Å². The van der Waals surface area contributed by atoms with Gasteiger partial charge in [0.05, 0.1) is 17.5 Å². The number of para-hydroxylation sites is 1. The van der Waals surface area contributed by atoms with Crippen molar-refractivity contribution < 1.29 is 9.32 Å². The number of benzene rings is 2. The van der Waals surface area contributed by atoms with Gasteiger partial charge in [-0.25, -0.2) is 4.98 Å². The maximum Gasteiger partial charge on any atom is 0.227 e. The molecule has 1 amide bonds. The maximum absolute atomic E-state index is 12.7. The summed E-state index contributed by atoms with van der Waals surface area (Å²) in [5, 5.41) is 5.15. The molecule has 1 aliphatic heterocycles. The summed E-state index contributed by atoms with van der Waals surface area (Å²) >= 11 is 0. The van der Waals surface area contributed by atoms with E-state index in [1.165, 1.54) is 0 Å². The number of aryl methyl sites for hydroxylation is 1. The number of pyridine rings is 1. The number of carbonyl (C=O) groups excluding carboxylic acids is 1. The monoisotopic (exact) mass is 413 g/mol. The topological polar surface area (TPSA) is 75.4 Å². The van der Waals surface area contributed by atoms with Crippen LogP contribution in [0.4, 0.5) is 5.82 Å². The molecule has 0 aliphatic carbocycles. The lowest BCUT2D eigenvalue weighted by Gasteiger charge is -2.36. The summed E-state index contributed by atoms with van der Waals surface area (Å²) in [4.78, 5) is 26.2. The molecular formula is C24H23N5O2. The molecule has 0 saturated carbocycles. The van der Waals surface area contributed by atoms with Gasteiger partial charge in [0.2, 0.25) is 17.6 Å². The highest BCUT2D eigenvalue weighted by atomic mass is 16.5. The molecule has 5 rings (SSSR count). The molecule has 1 aliphatic rings. The Hall–Kier alpha value is -3.74. The Morgan fingerprint density at radius 2 is 1.71 bits per heavy atom. The Balaban J connectivity index is 1.38. The van der Waals surface area contributed by atoms with Crippen molar-refractivity contribution in [3.63, 3.8) is 0 Å². The number of hydrogen-bond acceptors (Lipinski definition) is 6. The molecule has 0 spiro atoms. The normalized spacial score (nSPS) is 14.2. The number of amides is 1. The Bertz CT molecular complexity index is 1210. The van der Waals surface area contributed by atoms with Crippen LogP contribution in [-0.2, 0) is 11.2 Å². The van der Waals surface area contributed by atoms with Gasteiger partial charge >= 0.3 is 0 Å². The largest absolute Gasteiger partial charge is 0.352 e. The average Bonchev–Trinajstić information content (AvgIpc) is 3.25. The number of rotatable bonds is 4. The lowest BCUT2D eigenvalue weighted by molar-refractivity contribution is -0.130. The van der Waals surface area contributed by atoms with Crippen molar-refractivity contribution in [2.24, 2.45) is 0 Å². The molecule has 31 heavy (non-hydrogen) atoms. The molecule has 7 heteroatoms. The first-order valence-corrected chi connectivity index (χ1v) is 10.4. The van der Waals surface area contributed by atoms with Crippen LogP contribution in [0, 0.1) is 6.92 Å². The van der Waals surface area contributed by atoms with Crippen molar-refractivity contribution in [1.29, 1.82) is 0 Å².